The number of carbonyl (C=O) groups excluding carboxylic acids is 1. The molecule has 0 atom stereocenters. The van der Waals surface area contributed by atoms with Crippen molar-refractivity contribution in [1.29, 1.82) is 0 Å². The number of hydrogen-bond acceptors (Lipinski definition) is 5. The summed E-state index contributed by atoms with van der Waals surface area (Å²) in [5.74, 6) is -0.188. The number of esters is 1. The van der Waals surface area contributed by atoms with Crippen LogP contribution in [0.1, 0.15) is 42.9 Å². The highest BCUT2D eigenvalue weighted by molar-refractivity contribution is 5.93. The highest BCUT2D eigenvalue weighted by Gasteiger charge is 2.12. The van der Waals surface area contributed by atoms with E-state index in [4.69, 9.17) is 14.9 Å². The van der Waals surface area contributed by atoms with Crippen LogP contribution < -0.4 is 11.1 Å². The zero-order chi connectivity index (χ0) is 23.8. The Morgan fingerprint density at radius 2 is 1.88 bits per heavy atom. The van der Waals surface area contributed by atoms with Crippen molar-refractivity contribution in [3.8, 4) is 11.1 Å². The van der Waals surface area contributed by atoms with Gasteiger partial charge in [-0.3, -0.25) is 4.79 Å². The molecule has 0 bridgehead atoms. The Balaban J connectivity index is 1.51. The topological polar surface area (TPSA) is 77.5 Å². The molecular formula is C29H32N2O3. The van der Waals surface area contributed by atoms with E-state index in [2.05, 4.69) is 36.5 Å². The molecule has 1 heterocycles. The van der Waals surface area contributed by atoms with Crippen molar-refractivity contribution in [2.75, 3.05) is 11.9 Å². The summed E-state index contributed by atoms with van der Waals surface area (Å²) in [5.41, 5.74) is 12.9. The predicted octanol–water partition coefficient (Wildman–Crippen LogP) is 6.45. The van der Waals surface area contributed by atoms with E-state index in [9.17, 15) is 4.79 Å². The van der Waals surface area contributed by atoms with Crippen LogP contribution in [0.2, 0.25) is 0 Å². The van der Waals surface area contributed by atoms with E-state index in [0.29, 0.717) is 19.7 Å². The van der Waals surface area contributed by atoms with Gasteiger partial charge in [0.25, 0.3) is 0 Å². The number of hydrogen-bond donors (Lipinski definition) is 2. The van der Waals surface area contributed by atoms with Crippen molar-refractivity contribution in [1.82, 2.24) is 0 Å². The van der Waals surface area contributed by atoms with Gasteiger partial charge >= 0.3 is 5.97 Å². The predicted molar refractivity (Wildman–Crippen MR) is 137 cm³/mol. The van der Waals surface area contributed by atoms with Gasteiger partial charge in [-0.1, -0.05) is 56.2 Å². The summed E-state index contributed by atoms with van der Waals surface area (Å²) in [4.78, 5) is 12.3. The number of furan rings is 1. The third-order valence-corrected chi connectivity index (χ3v) is 5.93. The zero-order valence-corrected chi connectivity index (χ0v) is 19.7. The van der Waals surface area contributed by atoms with E-state index in [-0.39, 0.29) is 12.4 Å². The Kier molecular flexibility index (Phi) is 7.99. The van der Waals surface area contributed by atoms with Crippen LogP contribution in [0.3, 0.4) is 0 Å². The second-order valence-electron chi connectivity index (χ2n) is 8.50. The van der Waals surface area contributed by atoms with Crippen molar-refractivity contribution in [2.45, 2.75) is 45.7 Å². The first-order valence-electron chi connectivity index (χ1n) is 11.9. The Morgan fingerprint density at radius 3 is 2.74 bits per heavy atom. The van der Waals surface area contributed by atoms with Crippen molar-refractivity contribution in [2.24, 2.45) is 5.73 Å². The molecule has 0 saturated carbocycles. The third-order valence-electron chi connectivity index (χ3n) is 5.93. The standard InChI is InChI=1S/C29H32N2O3/c1-2-3-6-13-33-28(32)18-24-9-4-5-11-27(24)31-20-22-16-25-12-14-34-29(25)26(17-22)23-10-7-8-21(15-23)19-30/h4-5,7-12,14-17,31H,2-3,6,13,18-20,30H2,1H3. The maximum atomic E-state index is 12.3. The quantitative estimate of drug-likeness (QED) is 0.200. The number of nitrogens with one attached hydrogen (secondary N) is 1. The molecule has 4 rings (SSSR count). The molecule has 34 heavy (non-hydrogen) atoms. The second kappa shape index (κ2) is 11.5. The summed E-state index contributed by atoms with van der Waals surface area (Å²) >= 11 is 0. The molecule has 5 heteroatoms. The molecule has 1 aromatic heterocycles. The van der Waals surface area contributed by atoms with Crippen LogP contribution in [0.25, 0.3) is 22.1 Å². The van der Waals surface area contributed by atoms with Crippen LogP contribution in [0.5, 0.6) is 0 Å². The molecule has 3 N–H and O–H groups in total. The zero-order valence-electron chi connectivity index (χ0n) is 19.7. The van der Waals surface area contributed by atoms with Gasteiger partial charge in [0, 0.05) is 29.7 Å². The van der Waals surface area contributed by atoms with Gasteiger partial charge in [-0.2, -0.15) is 0 Å². The van der Waals surface area contributed by atoms with Gasteiger partial charge < -0.3 is 20.2 Å². The van der Waals surface area contributed by atoms with Crippen molar-refractivity contribution in [3.63, 3.8) is 0 Å². The summed E-state index contributed by atoms with van der Waals surface area (Å²) < 4.78 is 11.2. The number of para-hydroxylation sites is 1. The third kappa shape index (κ3) is 5.86. The molecule has 0 aliphatic heterocycles. The summed E-state index contributed by atoms with van der Waals surface area (Å²) in [6, 6.07) is 22.4. The molecule has 5 nitrogen and oxygen atoms in total. The molecule has 0 spiro atoms. The molecule has 0 amide bonds. The Labute approximate surface area is 200 Å². The van der Waals surface area contributed by atoms with Crippen LogP contribution >= 0.6 is 0 Å². The van der Waals surface area contributed by atoms with Gasteiger partial charge in [-0.05, 0) is 59.0 Å². The van der Waals surface area contributed by atoms with Gasteiger partial charge in [0.15, 0.2) is 0 Å². The smallest absolute Gasteiger partial charge is 0.310 e. The van der Waals surface area contributed by atoms with Crippen molar-refractivity contribution >= 4 is 22.6 Å². The molecule has 0 fully saturated rings. The first-order valence-corrected chi connectivity index (χ1v) is 11.9. The van der Waals surface area contributed by atoms with Crippen LogP contribution in [0.15, 0.2) is 77.4 Å². The van der Waals surface area contributed by atoms with Crippen LogP contribution in [-0.4, -0.2) is 12.6 Å². The number of carbonyl (C=O) groups is 1. The van der Waals surface area contributed by atoms with E-state index in [1.807, 2.05) is 42.5 Å². The fraction of sp³-hybridized carbons (Fsp3) is 0.276. The van der Waals surface area contributed by atoms with Crippen molar-refractivity contribution in [3.05, 3.63) is 89.7 Å². The van der Waals surface area contributed by atoms with E-state index in [1.165, 1.54) is 0 Å². The summed E-state index contributed by atoms with van der Waals surface area (Å²) in [7, 11) is 0. The minimum Gasteiger partial charge on any atom is -0.465 e. The molecule has 0 unspecified atom stereocenters. The molecule has 0 saturated heterocycles. The maximum Gasteiger partial charge on any atom is 0.310 e. The number of benzene rings is 3. The lowest BCUT2D eigenvalue weighted by Crippen LogP contribution is -2.11. The SMILES string of the molecule is CCCCCOC(=O)Cc1ccccc1NCc1cc(-c2cccc(CN)c2)c2occc2c1. The molecule has 0 radical (unpaired) electrons. The highest BCUT2D eigenvalue weighted by Crippen LogP contribution is 2.32. The molecule has 0 aliphatic carbocycles. The van der Waals surface area contributed by atoms with Crippen LogP contribution in [0, 0.1) is 0 Å². The van der Waals surface area contributed by atoms with E-state index < -0.39 is 0 Å². The van der Waals surface area contributed by atoms with Crippen molar-refractivity contribution < 1.29 is 13.9 Å². The van der Waals surface area contributed by atoms with Gasteiger partial charge in [-0.15, -0.1) is 0 Å². The number of ether oxygens (including phenoxy) is 1. The average molecular weight is 457 g/mol. The van der Waals surface area contributed by atoms with E-state index in [0.717, 1.165) is 63.7 Å². The fourth-order valence-electron chi connectivity index (χ4n) is 4.12. The lowest BCUT2D eigenvalue weighted by molar-refractivity contribution is -0.142. The molecule has 176 valence electrons. The molecule has 0 aliphatic rings. The van der Waals surface area contributed by atoms with Gasteiger partial charge in [0.05, 0.1) is 19.3 Å². The van der Waals surface area contributed by atoms with Crippen LogP contribution in [-0.2, 0) is 29.0 Å². The van der Waals surface area contributed by atoms with Gasteiger partial charge in [-0.25, -0.2) is 0 Å². The van der Waals surface area contributed by atoms with Gasteiger partial charge in [0.2, 0.25) is 0 Å². The highest BCUT2D eigenvalue weighted by atomic mass is 16.5. The monoisotopic (exact) mass is 456 g/mol. The number of unbranched alkanes of at least 4 members (excludes halogenated alkanes) is 2. The largest absolute Gasteiger partial charge is 0.465 e. The lowest BCUT2D eigenvalue weighted by Gasteiger charge is -2.13. The molecule has 3 aromatic carbocycles. The number of rotatable bonds is 11. The Bertz CT molecular complexity index is 1250. The normalized spacial score (nSPS) is 11.0. The fourth-order valence-corrected chi connectivity index (χ4v) is 4.12. The number of anilines is 1. The second-order valence-corrected chi connectivity index (χ2v) is 8.50. The summed E-state index contributed by atoms with van der Waals surface area (Å²) in [5, 5.41) is 4.56. The van der Waals surface area contributed by atoms with E-state index in [1.54, 1.807) is 6.26 Å². The summed E-state index contributed by atoms with van der Waals surface area (Å²) in [6.07, 6.45) is 5.07. The Hall–Kier alpha value is -3.57. The minimum absolute atomic E-state index is 0.188. The number of nitrogens with two attached hydrogens (primary N) is 1. The first kappa shape index (κ1) is 23.6. The Morgan fingerprint density at radius 1 is 1.00 bits per heavy atom. The average Bonchev–Trinajstić information content (AvgIpc) is 3.34. The van der Waals surface area contributed by atoms with Gasteiger partial charge in [0.1, 0.15) is 5.58 Å². The van der Waals surface area contributed by atoms with Crippen LogP contribution in [0.4, 0.5) is 5.69 Å². The van der Waals surface area contributed by atoms with E-state index >= 15 is 0 Å². The lowest BCUT2D eigenvalue weighted by atomic mass is 9.98. The first-order chi connectivity index (χ1) is 16.7. The number of fused-ring (bicyclic) bond motifs is 1. The maximum absolute atomic E-state index is 12.3. The molecule has 4 aromatic rings. The molecular weight excluding hydrogens is 424 g/mol. The minimum atomic E-state index is -0.188. The summed E-state index contributed by atoms with van der Waals surface area (Å²) in [6.45, 7) is 3.73.